The summed E-state index contributed by atoms with van der Waals surface area (Å²) >= 11 is 5.77. The van der Waals surface area contributed by atoms with Gasteiger partial charge < -0.3 is 10.2 Å². The Balaban J connectivity index is 2.03. The zero-order chi connectivity index (χ0) is 17.5. The van der Waals surface area contributed by atoms with Crippen molar-refractivity contribution in [1.29, 1.82) is 0 Å². The monoisotopic (exact) mass is 348 g/mol. The van der Waals surface area contributed by atoms with Gasteiger partial charge in [-0.1, -0.05) is 41.9 Å². The van der Waals surface area contributed by atoms with Crippen LogP contribution in [0.3, 0.4) is 0 Å². The standard InChI is InChI=1S/C17H18ClN3O3/c1-2-20(11-13-6-4-3-5-7-13)12-17(22)19-15-9-8-14(18)10-16(15)21(23)24/h3-10H,2,11-12H2,1H3,(H,19,22)/p+1. The van der Waals surface area contributed by atoms with Gasteiger partial charge in [0, 0.05) is 16.7 Å². The van der Waals surface area contributed by atoms with Crippen LogP contribution in [0.15, 0.2) is 48.5 Å². The first-order valence-corrected chi connectivity index (χ1v) is 7.98. The van der Waals surface area contributed by atoms with Gasteiger partial charge in [0.05, 0.1) is 11.5 Å². The van der Waals surface area contributed by atoms with E-state index in [2.05, 4.69) is 5.32 Å². The lowest BCUT2D eigenvalue weighted by Crippen LogP contribution is -3.11. The van der Waals surface area contributed by atoms with E-state index in [-0.39, 0.29) is 28.8 Å². The fourth-order valence-electron chi connectivity index (χ4n) is 2.38. The number of nitrogens with zero attached hydrogens (tertiary/aromatic N) is 1. The maximum absolute atomic E-state index is 12.2. The zero-order valence-corrected chi connectivity index (χ0v) is 14.0. The molecule has 0 radical (unpaired) electrons. The first-order valence-electron chi connectivity index (χ1n) is 7.61. The fraction of sp³-hybridized carbons (Fsp3) is 0.235. The summed E-state index contributed by atoms with van der Waals surface area (Å²) in [5.74, 6) is -0.270. The number of carbonyl (C=O) groups is 1. The minimum atomic E-state index is -0.560. The molecule has 1 atom stereocenters. The first kappa shape index (κ1) is 17.9. The lowest BCUT2D eigenvalue weighted by molar-refractivity contribution is -0.903. The molecule has 0 heterocycles. The van der Waals surface area contributed by atoms with Crippen molar-refractivity contribution in [1.82, 2.24) is 0 Å². The second kappa shape index (κ2) is 8.42. The van der Waals surface area contributed by atoms with Crippen LogP contribution >= 0.6 is 11.6 Å². The summed E-state index contributed by atoms with van der Waals surface area (Å²) in [5, 5.41) is 13.9. The predicted octanol–water partition coefficient (Wildman–Crippen LogP) is 2.29. The van der Waals surface area contributed by atoms with Crippen LogP contribution in [0, 0.1) is 10.1 Å². The van der Waals surface area contributed by atoms with E-state index in [1.54, 1.807) is 0 Å². The van der Waals surface area contributed by atoms with Gasteiger partial charge in [-0.05, 0) is 19.1 Å². The van der Waals surface area contributed by atoms with Crippen molar-refractivity contribution in [2.45, 2.75) is 13.5 Å². The molecule has 2 N–H and O–H groups in total. The van der Waals surface area contributed by atoms with Gasteiger partial charge >= 0.3 is 0 Å². The van der Waals surface area contributed by atoms with Crippen LogP contribution in [0.1, 0.15) is 12.5 Å². The van der Waals surface area contributed by atoms with Gasteiger partial charge in [-0.2, -0.15) is 0 Å². The minimum absolute atomic E-state index is 0.157. The van der Waals surface area contributed by atoms with E-state index in [0.717, 1.165) is 17.0 Å². The Morgan fingerprint density at radius 2 is 1.96 bits per heavy atom. The van der Waals surface area contributed by atoms with Gasteiger partial charge in [-0.3, -0.25) is 14.9 Å². The lowest BCUT2D eigenvalue weighted by atomic mass is 10.2. The van der Waals surface area contributed by atoms with Crippen LogP contribution in [-0.4, -0.2) is 23.9 Å². The normalized spacial score (nSPS) is 11.8. The number of quaternary nitrogens is 1. The number of nitro groups is 1. The minimum Gasteiger partial charge on any atom is -0.324 e. The van der Waals surface area contributed by atoms with E-state index in [9.17, 15) is 14.9 Å². The number of carbonyl (C=O) groups excluding carboxylic acids is 1. The summed E-state index contributed by atoms with van der Waals surface area (Å²) < 4.78 is 0. The average Bonchev–Trinajstić information content (AvgIpc) is 2.56. The molecular weight excluding hydrogens is 330 g/mol. The average molecular weight is 349 g/mol. The molecular formula is C17H19ClN3O3+. The molecule has 0 saturated carbocycles. The lowest BCUT2D eigenvalue weighted by Gasteiger charge is -2.17. The van der Waals surface area contributed by atoms with Crippen LogP contribution in [-0.2, 0) is 11.3 Å². The van der Waals surface area contributed by atoms with Gasteiger partial charge in [0.2, 0.25) is 0 Å². The predicted molar refractivity (Wildman–Crippen MR) is 93.3 cm³/mol. The van der Waals surface area contributed by atoms with Gasteiger partial charge in [0.1, 0.15) is 12.2 Å². The highest BCUT2D eigenvalue weighted by molar-refractivity contribution is 6.31. The maximum Gasteiger partial charge on any atom is 0.294 e. The molecule has 0 saturated heterocycles. The third-order valence-corrected chi connectivity index (χ3v) is 3.87. The molecule has 0 aliphatic rings. The summed E-state index contributed by atoms with van der Waals surface area (Å²) in [6, 6.07) is 14.1. The number of rotatable bonds is 7. The number of hydrogen-bond acceptors (Lipinski definition) is 3. The van der Waals surface area contributed by atoms with Gasteiger partial charge in [0.25, 0.3) is 11.6 Å². The molecule has 2 rings (SSSR count). The molecule has 24 heavy (non-hydrogen) atoms. The molecule has 0 fully saturated rings. The van der Waals surface area contributed by atoms with E-state index >= 15 is 0 Å². The Labute approximate surface area is 145 Å². The fourth-order valence-corrected chi connectivity index (χ4v) is 2.55. The van der Waals surface area contributed by atoms with Crippen LogP contribution in [0.5, 0.6) is 0 Å². The van der Waals surface area contributed by atoms with Crippen molar-refractivity contribution in [2.24, 2.45) is 0 Å². The largest absolute Gasteiger partial charge is 0.324 e. The summed E-state index contributed by atoms with van der Waals surface area (Å²) in [6.07, 6.45) is 0. The van der Waals surface area contributed by atoms with Crippen LogP contribution < -0.4 is 10.2 Å². The van der Waals surface area contributed by atoms with Crippen LogP contribution in [0.4, 0.5) is 11.4 Å². The molecule has 2 aromatic carbocycles. The highest BCUT2D eigenvalue weighted by atomic mass is 35.5. The number of nitrogens with one attached hydrogen (secondary N) is 2. The molecule has 6 nitrogen and oxygen atoms in total. The summed E-state index contributed by atoms with van der Waals surface area (Å²) in [7, 11) is 0. The highest BCUT2D eigenvalue weighted by Gasteiger charge is 2.19. The molecule has 0 aliphatic carbocycles. The molecule has 7 heteroatoms. The van der Waals surface area contributed by atoms with E-state index in [1.807, 2.05) is 37.3 Å². The molecule has 1 amide bonds. The summed E-state index contributed by atoms with van der Waals surface area (Å²) in [4.78, 5) is 23.8. The molecule has 0 spiro atoms. The van der Waals surface area contributed by atoms with Crippen molar-refractivity contribution in [3.63, 3.8) is 0 Å². The molecule has 0 aromatic heterocycles. The Hall–Kier alpha value is -2.44. The van der Waals surface area contributed by atoms with Crippen molar-refractivity contribution in [3.05, 3.63) is 69.2 Å². The number of halogens is 1. The topological polar surface area (TPSA) is 76.7 Å². The smallest absolute Gasteiger partial charge is 0.294 e. The van der Waals surface area contributed by atoms with Gasteiger partial charge in [-0.15, -0.1) is 0 Å². The quantitative estimate of drug-likeness (QED) is 0.595. The number of likely N-dealkylation sites (N-methyl/N-ethyl adjacent to an activating group) is 1. The second-order valence-corrected chi connectivity index (χ2v) is 5.85. The van der Waals surface area contributed by atoms with Gasteiger partial charge in [-0.25, -0.2) is 0 Å². The molecule has 126 valence electrons. The summed E-state index contributed by atoms with van der Waals surface area (Å²) in [5.41, 5.74) is 1.08. The van der Waals surface area contributed by atoms with E-state index < -0.39 is 4.92 Å². The molecule has 0 bridgehead atoms. The summed E-state index contributed by atoms with van der Waals surface area (Å²) in [6.45, 7) is 3.71. The number of benzene rings is 2. The Morgan fingerprint density at radius 1 is 1.25 bits per heavy atom. The Kier molecular flexibility index (Phi) is 6.28. The van der Waals surface area contributed by atoms with Crippen molar-refractivity contribution in [2.75, 3.05) is 18.4 Å². The van der Waals surface area contributed by atoms with Crippen molar-refractivity contribution in [3.8, 4) is 0 Å². The number of nitro benzene ring substituents is 1. The molecule has 0 aliphatic heterocycles. The number of amides is 1. The highest BCUT2D eigenvalue weighted by Crippen LogP contribution is 2.27. The zero-order valence-electron chi connectivity index (χ0n) is 13.3. The second-order valence-electron chi connectivity index (χ2n) is 5.41. The number of hydrogen-bond donors (Lipinski definition) is 2. The van der Waals surface area contributed by atoms with Crippen LogP contribution in [0.25, 0.3) is 0 Å². The Bertz CT molecular complexity index is 722. The Morgan fingerprint density at radius 3 is 2.58 bits per heavy atom. The third kappa shape index (κ3) is 5.04. The van der Waals surface area contributed by atoms with Crippen molar-refractivity contribution >= 4 is 28.9 Å². The SMILES string of the molecule is CC[NH+](CC(=O)Nc1ccc(Cl)cc1[N+](=O)[O-])Cc1ccccc1. The van der Waals surface area contributed by atoms with E-state index in [1.165, 1.54) is 18.2 Å². The van der Waals surface area contributed by atoms with E-state index in [4.69, 9.17) is 11.6 Å². The van der Waals surface area contributed by atoms with Crippen molar-refractivity contribution < 1.29 is 14.6 Å². The van der Waals surface area contributed by atoms with Gasteiger partial charge in [0.15, 0.2) is 6.54 Å². The van der Waals surface area contributed by atoms with E-state index in [0.29, 0.717) is 6.54 Å². The molecule has 1 unspecified atom stereocenters. The first-order chi connectivity index (χ1) is 11.5. The third-order valence-electron chi connectivity index (χ3n) is 3.64. The number of anilines is 1. The maximum atomic E-state index is 12.2. The van der Waals surface area contributed by atoms with Crippen LogP contribution in [0.2, 0.25) is 5.02 Å². The molecule has 2 aromatic rings.